The van der Waals surface area contributed by atoms with E-state index in [1.165, 1.54) is 7.11 Å². The van der Waals surface area contributed by atoms with E-state index in [1.807, 2.05) is 4.90 Å². The van der Waals surface area contributed by atoms with Crippen molar-refractivity contribution in [1.82, 2.24) is 14.9 Å². The molecule has 1 aromatic carbocycles. The van der Waals surface area contributed by atoms with Crippen molar-refractivity contribution in [3.05, 3.63) is 36.0 Å². The largest absolute Gasteiger partial charge is 0.497 e. The van der Waals surface area contributed by atoms with E-state index in [9.17, 15) is 4.79 Å². The number of nitrogens with zero attached hydrogens (tertiary/aromatic N) is 3. The quantitative estimate of drug-likeness (QED) is 0.767. The Hall–Kier alpha value is -3.03. The minimum absolute atomic E-state index is 0.00602. The second kappa shape index (κ2) is 8.57. The van der Waals surface area contributed by atoms with E-state index in [0.717, 1.165) is 12.8 Å². The molecule has 1 aliphatic rings. The lowest BCUT2D eigenvalue weighted by molar-refractivity contribution is 0.0586. The molecule has 1 fully saturated rings. The number of rotatable bonds is 6. The molecule has 2 heterocycles. The smallest absolute Gasteiger partial charge is 0.319 e. The fraction of sp³-hybridized carbons (Fsp3) is 0.421. The molecular weight excluding hydrogens is 350 g/mol. The van der Waals surface area contributed by atoms with Gasteiger partial charge in [0.2, 0.25) is 5.88 Å². The number of ether oxygens (including phenoxy) is 4. The molecule has 0 bridgehead atoms. The average Bonchev–Trinajstić information content (AvgIpc) is 2.73. The number of carbonyl (C=O) groups excluding carboxylic acids is 1. The maximum absolute atomic E-state index is 12.8. The number of hydrogen-bond acceptors (Lipinski definition) is 7. The first-order valence-electron chi connectivity index (χ1n) is 8.69. The van der Waals surface area contributed by atoms with Gasteiger partial charge in [-0.05, 0) is 12.1 Å². The van der Waals surface area contributed by atoms with E-state index in [4.69, 9.17) is 18.9 Å². The summed E-state index contributed by atoms with van der Waals surface area (Å²) in [5.41, 5.74) is 0.547. The first-order valence-corrected chi connectivity index (χ1v) is 8.69. The third kappa shape index (κ3) is 4.58. The molecule has 1 aromatic heterocycles. The van der Waals surface area contributed by atoms with Gasteiger partial charge in [0.05, 0.1) is 21.3 Å². The molecule has 3 rings (SSSR count). The molecule has 0 saturated carbocycles. The van der Waals surface area contributed by atoms with Gasteiger partial charge < -0.3 is 23.8 Å². The molecule has 0 spiro atoms. The standard InChI is InChI=1S/C19H23N3O5/c1-24-15-10-13(11-16(12-15)25-2)18(23)22-8-5-14(6-9-22)27-17-4-7-20-19(21-17)26-3/h4,7,10-12,14H,5-6,8-9H2,1-3H3. The van der Waals surface area contributed by atoms with Crippen LogP contribution in [0, 0.1) is 0 Å². The van der Waals surface area contributed by atoms with Crippen molar-refractivity contribution < 1.29 is 23.7 Å². The van der Waals surface area contributed by atoms with Crippen LogP contribution in [0.3, 0.4) is 0 Å². The lowest BCUT2D eigenvalue weighted by Crippen LogP contribution is -2.41. The Morgan fingerprint density at radius 2 is 1.70 bits per heavy atom. The van der Waals surface area contributed by atoms with Crippen LogP contribution in [0.2, 0.25) is 0 Å². The van der Waals surface area contributed by atoms with E-state index in [0.29, 0.717) is 36.0 Å². The summed E-state index contributed by atoms with van der Waals surface area (Å²) in [6.45, 7) is 1.20. The SMILES string of the molecule is COc1cc(OC)cc(C(=O)N2CCC(Oc3ccnc(OC)n3)CC2)c1. The lowest BCUT2D eigenvalue weighted by atomic mass is 10.1. The second-order valence-electron chi connectivity index (χ2n) is 6.09. The van der Waals surface area contributed by atoms with Crippen LogP contribution in [-0.4, -0.2) is 61.3 Å². The number of aromatic nitrogens is 2. The van der Waals surface area contributed by atoms with Crippen LogP contribution in [0.25, 0.3) is 0 Å². The fourth-order valence-electron chi connectivity index (χ4n) is 2.95. The van der Waals surface area contributed by atoms with Gasteiger partial charge in [0.15, 0.2) is 0 Å². The number of piperidine rings is 1. The van der Waals surface area contributed by atoms with Crippen LogP contribution in [0.1, 0.15) is 23.2 Å². The minimum Gasteiger partial charge on any atom is -0.497 e. The summed E-state index contributed by atoms with van der Waals surface area (Å²) in [5, 5.41) is 0. The molecule has 0 N–H and O–H groups in total. The van der Waals surface area contributed by atoms with E-state index < -0.39 is 0 Å². The highest BCUT2D eigenvalue weighted by Gasteiger charge is 2.25. The Morgan fingerprint density at radius 3 is 2.30 bits per heavy atom. The Morgan fingerprint density at radius 1 is 1.04 bits per heavy atom. The van der Waals surface area contributed by atoms with Crippen molar-refractivity contribution in [1.29, 1.82) is 0 Å². The Bertz CT molecular complexity index is 768. The van der Waals surface area contributed by atoms with Crippen molar-refractivity contribution in [2.75, 3.05) is 34.4 Å². The van der Waals surface area contributed by atoms with Crippen molar-refractivity contribution in [2.45, 2.75) is 18.9 Å². The Balaban J connectivity index is 1.61. The molecule has 0 aliphatic carbocycles. The highest BCUT2D eigenvalue weighted by molar-refractivity contribution is 5.95. The van der Waals surface area contributed by atoms with Gasteiger partial charge in [-0.1, -0.05) is 0 Å². The highest BCUT2D eigenvalue weighted by Crippen LogP contribution is 2.25. The Kier molecular flexibility index (Phi) is 5.95. The third-order valence-corrected chi connectivity index (χ3v) is 4.41. The van der Waals surface area contributed by atoms with Gasteiger partial charge in [-0.2, -0.15) is 4.98 Å². The first-order chi connectivity index (χ1) is 13.1. The lowest BCUT2D eigenvalue weighted by Gasteiger charge is -2.32. The molecule has 0 radical (unpaired) electrons. The first kappa shape index (κ1) is 18.8. The fourth-order valence-corrected chi connectivity index (χ4v) is 2.95. The molecule has 2 aromatic rings. The van der Waals surface area contributed by atoms with Gasteiger partial charge in [0.1, 0.15) is 17.6 Å². The number of hydrogen-bond donors (Lipinski definition) is 0. The normalized spacial score (nSPS) is 14.6. The predicted octanol–water partition coefficient (Wildman–Crippen LogP) is 2.19. The summed E-state index contributed by atoms with van der Waals surface area (Å²) in [7, 11) is 4.64. The van der Waals surface area contributed by atoms with Gasteiger partial charge in [0, 0.05) is 49.8 Å². The van der Waals surface area contributed by atoms with Gasteiger partial charge >= 0.3 is 6.01 Å². The molecule has 27 heavy (non-hydrogen) atoms. The highest BCUT2D eigenvalue weighted by atomic mass is 16.5. The molecule has 144 valence electrons. The summed E-state index contributed by atoms with van der Waals surface area (Å²) >= 11 is 0. The van der Waals surface area contributed by atoms with Gasteiger partial charge in [-0.3, -0.25) is 4.79 Å². The summed E-state index contributed by atoms with van der Waals surface area (Å²) < 4.78 is 21.4. The molecule has 8 nitrogen and oxygen atoms in total. The van der Waals surface area contributed by atoms with Crippen molar-refractivity contribution in [3.63, 3.8) is 0 Å². The summed E-state index contributed by atoms with van der Waals surface area (Å²) in [4.78, 5) is 22.8. The number of methoxy groups -OCH3 is 3. The molecule has 1 aliphatic heterocycles. The van der Waals surface area contributed by atoms with E-state index in [1.54, 1.807) is 44.7 Å². The molecule has 1 saturated heterocycles. The summed E-state index contributed by atoms with van der Waals surface area (Å²) in [5.74, 6) is 1.61. The van der Waals surface area contributed by atoms with E-state index >= 15 is 0 Å². The van der Waals surface area contributed by atoms with Crippen molar-refractivity contribution >= 4 is 5.91 Å². The maximum Gasteiger partial charge on any atom is 0.319 e. The minimum atomic E-state index is -0.0469. The number of likely N-dealkylation sites (tertiary alicyclic amines) is 1. The predicted molar refractivity (Wildman–Crippen MR) is 97.7 cm³/mol. The van der Waals surface area contributed by atoms with Gasteiger partial charge in [-0.25, -0.2) is 4.98 Å². The topological polar surface area (TPSA) is 83.0 Å². The summed E-state index contributed by atoms with van der Waals surface area (Å²) in [6.07, 6.45) is 3.03. The van der Waals surface area contributed by atoms with E-state index in [-0.39, 0.29) is 18.0 Å². The van der Waals surface area contributed by atoms with E-state index in [2.05, 4.69) is 9.97 Å². The van der Waals surface area contributed by atoms with Crippen LogP contribution in [0.5, 0.6) is 23.4 Å². The second-order valence-corrected chi connectivity index (χ2v) is 6.09. The zero-order valence-electron chi connectivity index (χ0n) is 15.7. The van der Waals surface area contributed by atoms with Crippen LogP contribution in [-0.2, 0) is 0 Å². The number of amides is 1. The summed E-state index contributed by atoms with van der Waals surface area (Å²) in [6, 6.07) is 7.16. The molecule has 0 unspecified atom stereocenters. The Labute approximate surface area is 158 Å². The van der Waals surface area contributed by atoms with Gasteiger partial charge in [-0.15, -0.1) is 0 Å². The van der Waals surface area contributed by atoms with Crippen LogP contribution in [0.4, 0.5) is 0 Å². The maximum atomic E-state index is 12.8. The van der Waals surface area contributed by atoms with Crippen LogP contribution in [0.15, 0.2) is 30.5 Å². The van der Waals surface area contributed by atoms with Crippen LogP contribution >= 0.6 is 0 Å². The average molecular weight is 373 g/mol. The third-order valence-electron chi connectivity index (χ3n) is 4.41. The molecule has 0 atom stereocenters. The number of benzene rings is 1. The monoisotopic (exact) mass is 373 g/mol. The van der Waals surface area contributed by atoms with Crippen molar-refractivity contribution in [3.8, 4) is 23.4 Å². The molecule has 8 heteroatoms. The number of carbonyl (C=O) groups is 1. The van der Waals surface area contributed by atoms with Crippen molar-refractivity contribution in [2.24, 2.45) is 0 Å². The molecule has 1 amide bonds. The zero-order valence-corrected chi connectivity index (χ0v) is 15.7. The zero-order chi connectivity index (χ0) is 19.2. The van der Waals surface area contributed by atoms with Gasteiger partial charge in [0.25, 0.3) is 5.91 Å². The molecular formula is C19H23N3O5. The van der Waals surface area contributed by atoms with Crippen LogP contribution < -0.4 is 18.9 Å².